The van der Waals surface area contributed by atoms with Crippen LogP contribution >= 0.6 is 0 Å². The highest BCUT2D eigenvalue weighted by molar-refractivity contribution is 6.73. The van der Waals surface area contributed by atoms with Crippen LogP contribution in [0.15, 0.2) is 176 Å². The molecule has 0 fully saturated rings. The molecule has 0 amide bonds. The Kier molecular flexibility index (Phi) is 5.89. The second kappa shape index (κ2) is 10.9. The topological polar surface area (TPSA) is 17.0 Å². The van der Waals surface area contributed by atoms with Crippen molar-refractivity contribution in [1.29, 1.82) is 0 Å². The van der Waals surface area contributed by atoms with Crippen LogP contribution in [-0.2, 0) is 10.8 Å². The highest BCUT2D eigenvalue weighted by atomic mass is 15.0. The van der Waals surface area contributed by atoms with E-state index in [4.69, 9.17) is 0 Å². The van der Waals surface area contributed by atoms with Crippen molar-refractivity contribution >= 4 is 62.2 Å². The van der Waals surface area contributed by atoms with Gasteiger partial charge in [-0.1, -0.05) is 171 Å². The number of nitrogens with one attached hydrogen (secondary N) is 1. The van der Waals surface area contributed by atoms with E-state index in [2.05, 4.69) is 200 Å². The third-order valence-electron chi connectivity index (χ3n) is 14.6. The second-order valence-corrected chi connectivity index (χ2v) is 17.6. The van der Waals surface area contributed by atoms with Gasteiger partial charge in [-0.25, -0.2) is 0 Å². The molecule has 14 rings (SSSR count). The summed E-state index contributed by atoms with van der Waals surface area (Å²) in [5, 5.41) is 9.30. The Labute approximate surface area is 343 Å². The highest BCUT2D eigenvalue weighted by Crippen LogP contribution is 2.62. The number of aromatic nitrogens is 1. The highest BCUT2D eigenvalue weighted by Gasteiger charge is 2.51. The van der Waals surface area contributed by atoms with E-state index in [0.717, 1.165) is 13.0 Å². The van der Waals surface area contributed by atoms with Gasteiger partial charge in [-0.2, -0.15) is 0 Å². The average molecular weight is 749 g/mol. The first-order valence-corrected chi connectivity index (χ1v) is 21.0. The first-order valence-electron chi connectivity index (χ1n) is 21.0. The molecule has 274 valence electrons. The third kappa shape index (κ3) is 3.76. The lowest BCUT2D eigenvalue weighted by Gasteiger charge is -2.41. The minimum atomic E-state index is -0.470. The summed E-state index contributed by atoms with van der Waals surface area (Å²) in [4.78, 5) is 0. The maximum absolute atomic E-state index is 4.11. The summed E-state index contributed by atoms with van der Waals surface area (Å²) in [5.41, 5.74) is 24.4. The van der Waals surface area contributed by atoms with Gasteiger partial charge in [-0.05, 0) is 102 Å². The molecule has 2 aliphatic heterocycles. The fraction of sp³-hybridized carbons (Fsp3) is 0.0714. The zero-order valence-electron chi connectivity index (χ0n) is 32.9. The van der Waals surface area contributed by atoms with E-state index in [-0.39, 0.29) is 5.41 Å². The number of para-hydroxylation sites is 3. The number of hydrogen-bond acceptors (Lipinski definition) is 1. The van der Waals surface area contributed by atoms with E-state index < -0.39 is 5.41 Å². The van der Waals surface area contributed by atoms with Crippen molar-refractivity contribution in [3.63, 3.8) is 0 Å². The smallest absolute Gasteiger partial charge is 0.198 e. The van der Waals surface area contributed by atoms with E-state index in [9.17, 15) is 0 Å². The zero-order valence-corrected chi connectivity index (χ0v) is 32.9. The molecule has 10 aromatic rings. The summed E-state index contributed by atoms with van der Waals surface area (Å²) in [6.07, 6.45) is 0. The number of nitrogens with zero attached hydrogens (tertiary/aromatic N) is 1. The van der Waals surface area contributed by atoms with Gasteiger partial charge in [0.1, 0.15) is 0 Å². The van der Waals surface area contributed by atoms with E-state index in [1.165, 1.54) is 122 Å². The van der Waals surface area contributed by atoms with Crippen molar-refractivity contribution < 1.29 is 0 Å². The van der Waals surface area contributed by atoms with Gasteiger partial charge in [-0.15, -0.1) is 0 Å². The number of fused-ring (bicyclic) bond motifs is 19. The van der Waals surface area contributed by atoms with Gasteiger partial charge in [0.25, 0.3) is 0 Å². The molecular formula is C56H37BN2. The Balaban J connectivity index is 1.14. The third-order valence-corrected chi connectivity index (χ3v) is 14.6. The molecule has 4 aliphatic rings. The summed E-state index contributed by atoms with van der Waals surface area (Å²) < 4.78 is 2.67. The molecule has 1 N–H and O–H groups in total. The zero-order chi connectivity index (χ0) is 38.8. The molecule has 3 heteroatoms. The molecule has 0 radical (unpaired) electrons. The molecular weight excluding hydrogens is 711 g/mol. The SMILES string of the molecule is CC1(C)c2ccccc2-c2cc(-c3cccc4c3Nc3ccccc3C43c4ccccc4-c4ccccc43)c3c(c21)-n1c2cc4ccccc4cc2c2cccc(c21)B3. The summed E-state index contributed by atoms with van der Waals surface area (Å²) in [6.45, 7) is 4.88. The van der Waals surface area contributed by atoms with Crippen molar-refractivity contribution in [3.8, 4) is 39.1 Å². The lowest BCUT2D eigenvalue weighted by molar-refractivity contribution is 0.657. The largest absolute Gasteiger partial charge is 0.354 e. The standard InChI is InChI=1S/C56H37BN2/c1-55(2)42-22-8-5-19-36(42)40-31-41(51-54(50(40)55)59-49-30-33-16-4-3-15-32(33)29-39(49)38-21-14-27-47(57-51)53(38)59)37-20-13-26-46-52(37)58-48-28-12-11-25-45(48)56(46)43-23-9-6-17-34(43)35-18-7-10-24-44(35)56/h3-31,57-58H,1-2H3. The van der Waals surface area contributed by atoms with Crippen LogP contribution in [0.1, 0.15) is 47.2 Å². The molecule has 1 spiro atoms. The molecule has 59 heavy (non-hydrogen) atoms. The van der Waals surface area contributed by atoms with Crippen LogP contribution in [0.2, 0.25) is 0 Å². The second-order valence-electron chi connectivity index (χ2n) is 17.6. The van der Waals surface area contributed by atoms with Crippen LogP contribution in [0.3, 0.4) is 0 Å². The van der Waals surface area contributed by atoms with E-state index in [1.807, 2.05) is 0 Å². The molecule has 2 nitrogen and oxygen atoms in total. The van der Waals surface area contributed by atoms with E-state index in [0.29, 0.717) is 0 Å². The minimum Gasteiger partial charge on any atom is -0.354 e. The summed E-state index contributed by atoms with van der Waals surface area (Å²) in [5.74, 6) is 0. The van der Waals surface area contributed by atoms with Crippen molar-refractivity contribution in [2.75, 3.05) is 5.32 Å². The molecule has 0 bridgehead atoms. The average Bonchev–Trinajstić information content (AvgIpc) is 3.85. The lowest BCUT2D eigenvalue weighted by atomic mass is 9.57. The lowest BCUT2D eigenvalue weighted by Crippen LogP contribution is -2.39. The fourth-order valence-corrected chi connectivity index (χ4v) is 12.2. The van der Waals surface area contributed by atoms with Gasteiger partial charge < -0.3 is 9.88 Å². The Morgan fingerprint density at radius 3 is 1.83 bits per heavy atom. The van der Waals surface area contributed by atoms with Crippen LogP contribution in [0, 0.1) is 0 Å². The number of hydrogen-bond donors (Lipinski definition) is 1. The van der Waals surface area contributed by atoms with Crippen molar-refractivity contribution in [3.05, 3.63) is 209 Å². The van der Waals surface area contributed by atoms with E-state index >= 15 is 0 Å². The Morgan fingerprint density at radius 2 is 1.07 bits per heavy atom. The monoisotopic (exact) mass is 748 g/mol. The molecule has 0 unspecified atom stereocenters. The maximum atomic E-state index is 4.11. The van der Waals surface area contributed by atoms with Gasteiger partial charge in [0.15, 0.2) is 7.28 Å². The molecule has 9 aromatic carbocycles. The predicted octanol–water partition coefficient (Wildman–Crippen LogP) is 12.0. The molecule has 3 heterocycles. The first kappa shape index (κ1) is 31.9. The van der Waals surface area contributed by atoms with Gasteiger partial charge in [0, 0.05) is 38.6 Å². The Morgan fingerprint density at radius 1 is 0.475 bits per heavy atom. The maximum Gasteiger partial charge on any atom is 0.198 e. The first-order chi connectivity index (χ1) is 29.0. The quantitative estimate of drug-likeness (QED) is 0.165. The number of rotatable bonds is 1. The van der Waals surface area contributed by atoms with Crippen molar-refractivity contribution in [1.82, 2.24) is 4.57 Å². The Bertz CT molecular complexity index is 3500. The van der Waals surface area contributed by atoms with Crippen LogP contribution < -0.4 is 16.2 Å². The van der Waals surface area contributed by atoms with Gasteiger partial charge in [0.2, 0.25) is 0 Å². The molecule has 0 saturated heterocycles. The van der Waals surface area contributed by atoms with Crippen LogP contribution in [-0.4, -0.2) is 11.8 Å². The van der Waals surface area contributed by atoms with Gasteiger partial charge >= 0.3 is 0 Å². The summed E-state index contributed by atoms with van der Waals surface area (Å²) >= 11 is 0. The van der Waals surface area contributed by atoms with E-state index in [1.54, 1.807) is 0 Å². The Hall–Kier alpha value is -7.10. The number of anilines is 2. The molecule has 0 atom stereocenters. The van der Waals surface area contributed by atoms with Crippen molar-refractivity contribution in [2.24, 2.45) is 0 Å². The summed E-state index contributed by atoms with van der Waals surface area (Å²) in [6, 6.07) is 66.7. The minimum absolute atomic E-state index is 0.199. The molecule has 1 aromatic heterocycles. The van der Waals surface area contributed by atoms with Crippen LogP contribution in [0.4, 0.5) is 11.4 Å². The fourth-order valence-electron chi connectivity index (χ4n) is 12.2. The van der Waals surface area contributed by atoms with Gasteiger partial charge in [0.05, 0.1) is 16.6 Å². The van der Waals surface area contributed by atoms with Crippen molar-refractivity contribution in [2.45, 2.75) is 24.7 Å². The molecule has 0 saturated carbocycles. The predicted molar refractivity (Wildman–Crippen MR) is 248 cm³/mol. The van der Waals surface area contributed by atoms with Gasteiger partial charge in [-0.3, -0.25) is 0 Å². The normalized spacial score (nSPS) is 15.2. The number of benzene rings is 9. The summed E-state index contributed by atoms with van der Waals surface area (Å²) in [7, 11) is 0.856. The van der Waals surface area contributed by atoms with Crippen LogP contribution in [0.25, 0.3) is 71.6 Å². The molecule has 2 aliphatic carbocycles. The van der Waals surface area contributed by atoms with Crippen LogP contribution in [0.5, 0.6) is 0 Å².